The number of nitrogens with zero attached hydrogens (tertiary/aromatic N) is 2. The Morgan fingerprint density at radius 1 is 0.970 bits per heavy atom. The highest BCUT2D eigenvalue weighted by atomic mass is 16.7. The van der Waals surface area contributed by atoms with E-state index in [9.17, 15) is 24.0 Å². The van der Waals surface area contributed by atoms with E-state index in [4.69, 9.17) is 4.84 Å². The van der Waals surface area contributed by atoms with Gasteiger partial charge in [0.05, 0.1) is 11.1 Å². The molecule has 0 unspecified atom stereocenters. The summed E-state index contributed by atoms with van der Waals surface area (Å²) in [5, 5.41) is 3.11. The highest BCUT2D eigenvalue weighted by Gasteiger charge is 2.42. The normalized spacial score (nSPS) is 19.7. The second kappa shape index (κ2) is 9.72. The lowest BCUT2D eigenvalue weighted by Crippen LogP contribution is -2.54. The second-order valence-electron chi connectivity index (χ2n) is 9.31. The lowest BCUT2D eigenvalue weighted by molar-refractivity contribution is -0.173. The molecule has 1 aromatic carbocycles. The van der Waals surface area contributed by atoms with Gasteiger partial charge in [-0.3, -0.25) is 19.2 Å². The van der Waals surface area contributed by atoms with Crippen LogP contribution in [0.5, 0.6) is 0 Å². The van der Waals surface area contributed by atoms with Crippen molar-refractivity contribution >= 4 is 29.6 Å². The van der Waals surface area contributed by atoms with Crippen LogP contribution >= 0.6 is 0 Å². The van der Waals surface area contributed by atoms with Gasteiger partial charge in [0.2, 0.25) is 11.8 Å². The molecule has 3 atom stereocenters. The van der Waals surface area contributed by atoms with Gasteiger partial charge in [0, 0.05) is 12.5 Å². The number of nitrogens with one attached hydrogen (secondary N) is 1. The zero-order valence-corrected chi connectivity index (χ0v) is 19.7. The number of hydroxylamine groups is 2. The summed E-state index contributed by atoms with van der Waals surface area (Å²) in [6.07, 6.45) is 1.20. The van der Waals surface area contributed by atoms with Gasteiger partial charge < -0.3 is 15.1 Å². The first-order valence-corrected chi connectivity index (χ1v) is 11.3. The van der Waals surface area contributed by atoms with Crippen LogP contribution in [0.15, 0.2) is 24.3 Å². The van der Waals surface area contributed by atoms with Crippen molar-refractivity contribution in [3.8, 4) is 0 Å². The van der Waals surface area contributed by atoms with Crippen LogP contribution in [0.25, 0.3) is 0 Å². The minimum Gasteiger partial charge on any atom is -0.341 e. The van der Waals surface area contributed by atoms with Gasteiger partial charge >= 0.3 is 5.97 Å². The number of hydrogen-bond donors (Lipinski definition) is 1. The standard InChI is InChI=1S/C24H31N3O6/c1-13(2)15(5)21(29)26-12-8-11-18(26)20(28)25-19(14(3)4)24(32)33-27-22(30)16-9-6-7-10-17(16)23(27)31/h6-7,9-10,13-15,18-19H,8,11-12H2,1-5H3,(H,25,28)/t15-,18-,19-/m0/s1. The van der Waals surface area contributed by atoms with Gasteiger partial charge in [-0.05, 0) is 36.8 Å². The van der Waals surface area contributed by atoms with Crippen molar-refractivity contribution in [2.75, 3.05) is 6.54 Å². The summed E-state index contributed by atoms with van der Waals surface area (Å²) in [5.74, 6) is -3.37. The summed E-state index contributed by atoms with van der Waals surface area (Å²) >= 11 is 0. The van der Waals surface area contributed by atoms with Crippen molar-refractivity contribution in [2.24, 2.45) is 17.8 Å². The molecule has 1 N–H and O–H groups in total. The van der Waals surface area contributed by atoms with Gasteiger partial charge in [-0.2, -0.15) is 0 Å². The van der Waals surface area contributed by atoms with Crippen molar-refractivity contribution in [2.45, 2.75) is 59.5 Å². The molecule has 0 saturated carbocycles. The monoisotopic (exact) mass is 457 g/mol. The Morgan fingerprint density at radius 3 is 2.06 bits per heavy atom. The van der Waals surface area contributed by atoms with Crippen molar-refractivity contribution < 1.29 is 28.8 Å². The maximum absolute atomic E-state index is 13.1. The van der Waals surface area contributed by atoms with Gasteiger partial charge in [-0.15, -0.1) is 0 Å². The van der Waals surface area contributed by atoms with E-state index in [0.717, 1.165) is 0 Å². The maximum Gasteiger partial charge on any atom is 0.355 e. The quantitative estimate of drug-likeness (QED) is 0.628. The summed E-state index contributed by atoms with van der Waals surface area (Å²) in [7, 11) is 0. The molecule has 0 spiro atoms. The molecule has 0 radical (unpaired) electrons. The number of hydrogen-bond acceptors (Lipinski definition) is 6. The molecule has 2 heterocycles. The van der Waals surface area contributed by atoms with Crippen molar-refractivity contribution in [3.05, 3.63) is 35.4 Å². The van der Waals surface area contributed by atoms with Crippen molar-refractivity contribution in [1.82, 2.24) is 15.3 Å². The predicted molar refractivity (Wildman–Crippen MR) is 119 cm³/mol. The first kappa shape index (κ1) is 24.4. The second-order valence-corrected chi connectivity index (χ2v) is 9.31. The van der Waals surface area contributed by atoms with Gasteiger partial charge in [0.1, 0.15) is 12.1 Å². The van der Waals surface area contributed by atoms with Crippen LogP contribution in [-0.2, 0) is 19.2 Å². The molecular formula is C24H31N3O6. The molecule has 9 nitrogen and oxygen atoms in total. The fourth-order valence-electron chi connectivity index (χ4n) is 3.99. The Hall–Kier alpha value is -3.23. The molecule has 2 aliphatic heterocycles. The molecule has 1 aromatic rings. The van der Waals surface area contributed by atoms with E-state index in [-0.39, 0.29) is 34.8 Å². The number of likely N-dealkylation sites (tertiary alicyclic amines) is 1. The Morgan fingerprint density at radius 2 is 1.55 bits per heavy atom. The van der Waals surface area contributed by atoms with Gasteiger partial charge in [-0.25, -0.2) is 4.79 Å². The first-order valence-electron chi connectivity index (χ1n) is 11.3. The number of carbonyl (C=O) groups excluding carboxylic acids is 5. The van der Waals surface area contributed by atoms with E-state index in [1.54, 1.807) is 30.9 Å². The van der Waals surface area contributed by atoms with E-state index in [0.29, 0.717) is 24.4 Å². The van der Waals surface area contributed by atoms with Crippen LogP contribution in [-0.4, -0.2) is 58.2 Å². The minimum absolute atomic E-state index is 0.0858. The largest absolute Gasteiger partial charge is 0.355 e. The van der Waals surface area contributed by atoms with Crippen molar-refractivity contribution in [1.29, 1.82) is 0 Å². The Bertz CT molecular complexity index is 938. The summed E-state index contributed by atoms with van der Waals surface area (Å²) in [5.41, 5.74) is 0.305. The lowest BCUT2D eigenvalue weighted by Gasteiger charge is -2.30. The summed E-state index contributed by atoms with van der Waals surface area (Å²) < 4.78 is 0. The number of carbonyl (C=O) groups is 5. The van der Waals surface area contributed by atoms with E-state index in [1.165, 1.54) is 12.1 Å². The van der Waals surface area contributed by atoms with E-state index in [2.05, 4.69) is 5.32 Å². The highest BCUT2D eigenvalue weighted by molar-refractivity contribution is 6.21. The number of fused-ring (bicyclic) bond motifs is 1. The molecule has 3 rings (SSSR count). The van der Waals surface area contributed by atoms with E-state index < -0.39 is 35.8 Å². The Labute approximate surface area is 193 Å². The lowest BCUT2D eigenvalue weighted by atomic mass is 9.96. The third kappa shape index (κ3) is 4.77. The zero-order chi connectivity index (χ0) is 24.4. The van der Waals surface area contributed by atoms with Crippen LogP contribution in [0.1, 0.15) is 68.2 Å². The van der Waals surface area contributed by atoms with E-state index in [1.807, 2.05) is 20.8 Å². The summed E-state index contributed by atoms with van der Waals surface area (Å²) in [6.45, 7) is 9.67. The molecule has 1 fully saturated rings. The topological polar surface area (TPSA) is 113 Å². The fraction of sp³-hybridized carbons (Fsp3) is 0.542. The third-order valence-electron chi connectivity index (χ3n) is 6.38. The van der Waals surface area contributed by atoms with Crippen LogP contribution in [0, 0.1) is 17.8 Å². The molecule has 178 valence electrons. The van der Waals surface area contributed by atoms with Crippen LogP contribution in [0.4, 0.5) is 0 Å². The average Bonchev–Trinajstić information content (AvgIpc) is 3.36. The third-order valence-corrected chi connectivity index (χ3v) is 6.38. The molecule has 0 bridgehead atoms. The smallest absolute Gasteiger partial charge is 0.341 e. The van der Waals surface area contributed by atoms with Gasteiger partial charge in [0.15, 0.2) is 0 Å². The summed E-state index contributed by atoms with van der Waals surface area (Å²) in [4.78, 5) is 70.5. The van der Waals surface area contributed by atoms with Crippen LogP contribution in [0.2, 0.25) is 0 Å². The van der Waals surface area contributed by atoms with Gasteiger partial charge in [-0.1, -0.05) is 51.8 Å². The van der Waals surface area contributed by atoms with E-state index >= 15 is 0 Å². The number of rotatable bonds is 7. The molecule has 9 heteroatoms. The first-order chi connectivity index (χ1) is 15.5. The van der Waals surface area contributed by atoms with Crippen LogP contribution in [0.3, 0.4) is 0 Å². The maximum atomic E-state index is 13.1. The Balaban J connectivity index is 1.70. The average molecular weight is 458 g/mol. The molecular weight excluding hydrogens is 426 g/mol. The molecule has 33 heavy (non-hydrogen) atoms. The van der Waals surface area contributed by atoms with Crippen molar-refractivity contribution in [3.63, 3.8) is 0 Å². The molecule has 1 saturated heterocycles. The SMILES string of the molecule is CC(C)[C@H](C)C(=O)N1CCC[C@H]1C(=O)N[C@H](C(=O)ON1C(=O)c2ccccc2C1=O)C(C)C. The summed E-state index contributed by atoms with van der Waals surface area (Å²) in [6, 6.07) is 4.42. The van der Waals surface area contributed by atoms with Gasteiger partial charge in [0.25, 0.3) is 11.8 Å². The molecule has 4 amide bonds. The Kier molecular flexibility index (Phi) is 7.19. The van der Waals surface area contributed by atoms with Crippen LogP contribution < -0.4 is 5.32 Å². The number of amides is 4. The predicted octanol–water partition coefficient (Wildman–Crippen LogP) is 2.16. The fourth-order valence-corrected chi connectivity index (χ4v) is 3.99. The number of benzene rings is 1. The zero-order valence-electron chi connectivity index (χ0n) is 19.7. The minimum atomic E-state index is -1.10. The molecule has 2 aliphatic rings. The highest BCUT2D eigenvalue weighted by Crippen LogP contribution is 2.25. The molecule has 0 aliphatic carbocycles. The molecule has 0 aromatic heterocycles. The number of imide groups is 1.